The van der Waals surface area contributed by atoms with Crippen molar-refractivity contribution < 1.29 is 14.9 Å². The van der Waals surface area contributed by atoms with Gasteiger partial charge in [0.1, 0.15) is 11.5 Å². The van der Waals surface area contributed by atoms with Crippen molar-refractivity contribution in [2.45, 2.75) is 44.6 Å². The number of rotatable bonds is 9. The molecule has 4 aliphatic carbocycles. The van der Waals surface area contributed by atoms with E-state index in [4.69, 9.17) is 4.74 Å². The number of aliphatic hydroxyl groups excluding tert-OH is 1. The van der Waals surface area contributed by atoms with E-state index >= 15 is 0 Å². The van der Waals surface area contributed by atoms with Crippen LogP contribution in [0.4, 0.5) is 0 Å². The van der Waals surface area contributed by atoms with Crippen LogP contribution >= 0.6 is 0 Å². The Balaban J connectivity index is 1.02. The van der Waals surface area contributed by atoms with E-state index in [1.807, 2.05) is 0 Å². The Hall–Kier alpha value is -2.83. The van der Waals surface area contributed by atoms with Crippen molar-refractivity contribution in [2.24, 2.45) is 23.2 Å². The van der Waals surface area contributed by atoms with Crippen LogP contribution in [-0.4, -0.2) is 34.9 Å². The van der Waals surface area contributed by atoms with E-state index in [2.05, 4.69) is 34.6 Å². The zero-order valence-electron chi connectivity index (χ0n) is 20.0. The number of ether oxygens (including phenoxy) is 1. The Morgan fingerprint density at radius 1 is 1.09 bits per heavy atom. The molecular formula is C29H34N2O4. The van der Waals surface area contributed by atoms with E-state index in [9.17, 15) is 15.0 Å². The largest absolute Gasteiger partial charge is 0.506 e. The molecule has 7 rings (SSSR count). The lowest BCUT2D eigenvalue weighted by Gasteiger charge is -2.32. The molecule has 1 heterocycles. The average Bonchev–Trinajstić information content (AvgIpc) is 3.24. The number of pyridine rings is 1. The standard InChI is InChI=1S/C29H34N2O4/c32-25-6-4-23(24-5-7-27(34)31-28(24)25)26(33)16-30-9-8-18-2-1-3-22(13-18)35-17-29-14-19-10-20(15-29)12-21(29)11-19/h1-7,13,19-21,26,30,32-33H,8-12,14-17H2,(H,31,34)/t19?,20?,21?,26-,29?/m0/s1. The number of hydrogen-bond acceptors (Lipinski definition) is 5. The molecule has 4 N–H and O–H groups in total. The molecule has 35 heavy (non-hydrogen) atoms. The summed E-state index contributed by atoms with van der Waals surface area (Å²) < 4.78 is 6.36. The molecule has 4 aliphatic rings. The van der Waals surface area contributed by atoms with E-state index in [0.717, 1.165) is 43.1 Å². The molecule has 0 aliphatic heterocycles. The zero-order chi connectivity index (χ0) is 24.0. The first kappa shape index (κ1) is 22.6. The molecule has 2 aromatic carbocycles. The first-order valence-corrected chi connectivity index (χ1v) is 12.9. The predicted octanol–water partition coefficient (Wildman–Crippen LogP) is 4.30. The van der Waals surface area contributed by atoms with Gasteiger partial charge in [-0.2, -0.15) is 0 Å². The lowest BCUT2D eigenvalue weighted by atomic mass is 9.76. The van der Waals surface area contributed by atoms with Gasteiger partial charge in [0.25, 0.3) is 0 Å². The maximum Gasteiger partial charge on any atom is 0.248 e. The molecule has 0 radical (unpaired) electrons. The van der Waals surface area contributed by atoms with Gasteiger partial charge < -0.3 is 25.3 Å². The third kappa shape index (κ3) is 4.34. The minimum atomic E-state index is -0.755. The summed E-state index contributed by atoms with van der Waals surface area (Å²) in [5.74, 6) is 3.75. The fourth-order valence-electron chi connectivity index (χ4n) is 7.35. The van der Waals surface area contributed by atoms with Crippen LogP contribution in [0.15, 0.2) is 53.3 Å². The molecule has 3 aromatic rings. The molecule has 4 saturated carbocycles. The van der Waals surface area contributed by atoms with Crippen LogP contribution in [0.5, 0.6) is 11.5 Å². The summed E-state index contributed by atoms with van der Waals surface area (Å²) in [4.78, 5) is 14.2. The van der Waals surface area contributed by atoms with Crippen molar-refractivity contribution in [1.29, 1.82) is 0 Å². The molecule has 4 bridgehead atoms. The quantitative estimate of drug-likeness (QED) is 0.347. The Bertz CT molecular complexity index is 1270. The van der Waals surface area contributed by atoms with Crippen molar-refractivity contribution in [3.8, 4) is 11.5 Å². The Labute approximate surface area is 205 Å². The number of hydrogen-bond donors (Lipinski definition) is 4. The first-order valence-electron chi connectivity index (χ1n) is 12.9. The molecule has 6 heteroatoms. The third-order valence-corrected chi connectivity index (χ3v) is 8.78. The highest BCUT2D eigenvalue weighted by Gasteiger charge is 2.57. The molecule has 0 saturated heterocycles. The number of fused-ring (bicyclic) bond motifs is 1. The fourth-order valence-corrected chi connectivity index (χ4v) is 7.35. The van der Waals surface area contributed by atoms with Crippen molar-refractivity contribution in [2.75, 3.05) is 19.7 Å². The summed E-state index contributed by atoms with van der Waals surface area (Å²) in [6.45, 7) is 1.97. The van der Waals surface area contributed by atoms with Crippen LogP contribution in [0.25, 0.3) is 10.9 Å². The number of H-pyrrole nitrogens is 1. The van der Waals surface area contributed by atoms with Gasteiger partial charge in [0.15, 0.2) is 0 Å². The van der Waals surface area contributed by atoms with Crippen LogP contribution < -0.4 is 15.6 Å². The van der Waals surface area contributed by atoms with Crippen LogP contribution in [0.1, 0.15) is 49.3 Å². The summed E-state index contributed by atoms with van der Waals surface area (Å²) in [5.41, 5.74) is 2.39. The highest BCUT2D eigenvalue weighted by molar-refractivity contribution is 5.87. The molecule has 2 unspecified atom stereocenters. The second-order valence-corrected chi connectivity index (χ2v) is 11.1. The van der Waals surface area contributed by atoms with Crippen molar-refractivity contribution in [1.82, 2.24) is 10.3 Å². The van der Waals surface area contributed by atoms with Crippen LogP contribution in [0.2, 0.25) is 0 Å². The van der Waals surface area contributed by atoms with Crippen molar-refractivity contribution >= 4 is 10.9 Å². The lowest BCUT2D eigenvalue weighted by Crippen LogP contribution is -2.30. The van der Waals surface area contributed by atoms with Gasteiger partial charge in [0.05, 0.1) is 18.2 Å². The van der Waals surface area contributed by atoms with Gasteiger partial charge >= 0.3 is 0 Å². The number of aromatic hydroxyl groups is 1. The number of nitrogens with one attached hydrogen (secondary N) is 2. The Morgan fingerprint density at radius 2 is 1.91 bits per heavy atom. The van der Waals surface area contributed by atoms with E-state index in [1.54, 1.807) is 12.1 Å². The second-order valence-electron chi connectivity index (χ2n) is 11.1. The molecule has 1 aromatic heterocycles. The molecule has 184 valence electrons. The van der Waals surface area contributed by atoms with Gasteiger partial charge in [-0.3, -0.25) is 4.79 Å². The van der Waals surface area contributed by atoms with Crippen molar-refractivity contribution in [3.63, 3.8) is 0 Å². The number of aliphatic hydroxyl groups is 1. The van der Waals surface area contributed by atoms with Gasteiger partial charge in [0.2, 0.25) is 5.56 Å². The third-order valence-electron chi connectivity index (χ3n) is 8.78. The molecule has 0 spiro atoms. The number of aromatic nitrogens is 1. The summed E-state index contributed by atoms with van der Waals surface area (Å²) in [6, 6.07) is 14.7. The highest BCUT2D eigenvalue weighted by Crippen LogP contribution is 2.65. The van der Waals surface area contributed by atoms with Crippen LogP contribution in [0.3, 0.4) is 0 Å². The number of benzene rings is 2. The van der Waals surface area contributed by atoms with Gasteiger partial charge in [0, 0.05) is 23.4 Å². The average molecular weight is 475 g/mol. The van der Waals surface area contributed by atoms with E-state index in [0.29, 0.717) is 28.4 Å². The summed E-state index contributed by atoms with van der Waals surface area (Å²) >= 11 is 0. The molecule has 3 atom stereocenters. The topological polar surface area (TPSA) is 94.6 Å². The smallest absolute Gasteiger partial charge is 0.248 e. The summed E-state index contributed by atoms with van der Waals surface area (Å²) in [5, 5.41) is 24.8. The van der Waals surface area contributed by atoms with E-state index in [1.165, 1.54) is 49.8 Å². The Morgan fingerprint density at radius 3 is 2.74 bits per heavy atom. The minimum Gasteiger partial charge on any atom is -0.506 e. The minimum absolute atomic E-state index is 0.00325. The lowest BCUT2D eigenvalue weighted by molar-refractivity contribution is 0.106. The van der Waals surface area contributed by atoms with E-state index < -0.39 is 6.10 Å². The van der Waals surface area contributed by atoms with Gasteiger partial charge in [-0.1, -0.05) is 18.2 Å². The normalized spacial score (nSPS) is 27.5. The number of phenols is 1. The monoisotopic (exact) mass is 474 g/mol. The van der Waals surface area contributed by atoms with Crippen LogP contribution in [-0.2, 0) is 6.42 Å². The van der Waals surface area contributed by atoms with Gasteiger partial charge in [-0.15, -0.1) is 0 Å². The number of aromatic amines is 1. The number of phenolic OH excluding ortho intramolecular Hbond substituents is 1. The van der Waals surface area contributed by atoms with E-state index in [-0.39, 0.29) is 11.3 Å². The fraction of sp³-hybridized carbons (Fsp3) is 0.483. The zero-order valence-corrected chi connectivity index (χ0v) is 20.0. The summed E-state index contributed by atoms with van der Waals surface area (Å²) in [7, 11) is 0. The van der Waals surface area contributed by atoms with Crippen LogP contribution in [0, 0.1) is 23.2 Å². The maximum atomic E-state index is 11.6. The first-order chi connectivity index (χ1) is 17.0. The van der Waals surface area contributed by atoms with Crippen molar-refractivity contribution in [3.05, 3.63) is 70.0 Å². The molecular weight excluding hydrogens is 440 g/mol. The summed E-state index contributed by atoms with van der Waals surface area (Å²) in [6.07, 6.45) is 7.13. The van der Waals surface area contributed by atoms with Gasteiger partial charge in [-0.05, 0) is 98.2 Å². The van der Waals surface area contributed by atoms with Gasteiger partial charge in [-0.25, -0.2) is 0 Å². The second kappa shape index (κ2) is 8.99. The highest BCUT2D eigenvalue weighted by atomic mass is 16.5. The maximum absolute atomic E-state index is 11.6. The Kier molecular flexibility index (Phi) is 5.81. The predicted molar refractivity (Wildman–Crippen MR) is 136 cm³/mol. The molecule has 0 amide bonds. The molecule has 4 fully saturated rings. The molecule has 6 nitrogen and oxygen atoms in total. The SMILES string of the molecule is O=c1ccc2c([C@@H](O)CNCCc3cccc(OCC45CC6CC(CC4C6)C5)c3)ccc(O)c2[nH]1.